The average molecular weight is 116 g/mol. The number of fused-ring (bicyclic) bond motifs is 1. The van der Waals surface area contributed by atoms with Crippen LogP contribution in [0.1, 0.15) is 12.5 Å². The summed E-state index contributed by atoms with van der Waals surface area (Å²) in [6.07, 6.45) is 4.24. The van der Waals surface area contributed by atoms with Crippen LogP contribution in [0.2, 0.25) is 0 Å². The van der Waals surface area contributed by atoms with Crippen molar-refractivity contribution >= 4 is 6.08 Å². The van der Waals surface area contributed by atoms with Crippen LogP contribution < -0.4 is 0 Å². The molecule has 0 unspecified atom stereocenters. The van der Waals surface area contributed by atoms with Gasteiger partial charge in [-0.3, -0.25) is 0 Å². The normalized spacial score (nSPS) is 12.6. The van der Waals surface area contributed by atoms with Crippen molar-refractivity contribution in [3.63, 3.8) is 0 Å². The maximum Gasteiger partial charge on any atom is -0.00991 e. The summed E-state index contributed by atoms with van der Waals surface area (Å²) >= 11 is 0. The Hall–Kier alpha value is -1.04. The van der Waals surface area contributed by atoms with Gasteiger partial charge in [-0.2, -0.15) is 0 Å². The van der Waals surface area contributed by atoms with Crippen molar-refractivity contribution in [1.29, 1.82) is 0 Å². The van der Waals surface area contributed by atoms with Crippen molar-refractivity contribution in [3.05, 3.63) is 29.8 Å². The van der Waals surface area contributed by atoms with Crippen LogP contribution in [0.25, 0.3) is 17.2 Å². The number of hydrogen-bond acceptors (Lipinski definition) is 0. The lowest BCUT2D eigenvalue weighted by Crippen LogP contribution is -1.44. The predicted molar refractivity (Wildman–Crippen MR) is 40.1 cm³/mol. The number of allylic oxidation sites excluding steroid dienone is 1. The Bertz CT molecular complexity index is 249. The van der Waals surface area contributed by atoms with Crippen LogP contribution in [0.4, 0.5) is 0 Å². The second kappa shape index (κ2) is 1.47. The summed E-state index contributed by atoms with van der Waals surface area (Å²) < 4.78 is 0. The lowest BCUT2D eigenvalue weighted by Gasteiger charge is -1.67. The summed E-state index contributed by atoms with van der Waals surface area (Å²) in [6.45, 7) is 2.05. The maximum atomic E-state index is 2.16. The summed E-state index contributed by atoms with van der Waals surface area (Å²) in [5.41, 5.74) is 4.31. The van der Waals surface area contributed by atoms with E-state index in [4.69, 9.17) is 0 Å². The molecule has 0 atom stereocenters. The first kappa shape index (κ1) is 4.80. The van der Waals surface area contributed by atoms with Gasteiger partial charge >= 0.3 is 0 Å². The van der Waals surface area contributed by atoms with Crippen LogP contribution in [0.3, 0.4) is 0 Å². The summed E-state index contributed by atoms with van der Waals surface area (Å²) in [5.74, 6) is 0. The van der Waals surface area contributed by atoms with Crippen molar-refractivity contribution in [3.8, 4) is 11.1 Å². The lowest BCUT2D eigenvalue weighted by atomic mass is 10.4. The molecule has 2 aliphatic carbocycles. The molecule has 9 heavy (non-hydrogen) atoms. The van der Waals surface area contributed by atoms with Gasteiger partial charge in [0.15, 0.2) is 0 Å². The molecule has 0 heteroatoms. The molecule has 0 fully saturated rings. The van der Waals surface area contributed by atoms with Crippen LogP contribution in [-0.2, 0) is 0 Å². The third-order valence-corrected chi connectivity index (χ3v) is 1.67. The van der Waals surface area contributed by atoms with Gasteiger partial charge in [-0.15, -0.1) is 0 Å². The van der Waals surface area contributed by atoms with Crippen molar-refractivity contribution in [2.45, 2.75) is 6.92 Å². The highest BCUT2D eigenvalue weighted by atomic mass is 14.2. The summed E-state index contributed by atoms with van der Waals surface area (Å²) in [6, 6.07) is 6.41. The molecule has 0 spiro atoms. The maximum absolute atomic E-state index is 2.16. The molecule has 0 radical (unpaired) electrons. The quantitative estimate of drug-likeness (QED) is 0.537. The number of rotatable bonds is 1. The minimum Gasteiger partial charge on any atom is -0.0870 e. The molecule has 44 valence electrons. The minimum atomic E-state index is 1.43. The van der Waals surface area contributed by atoms with Crippen molar-refractivity contribution in [2.24, 2.45) is 0 Å². The fourth-order valence-electron chi connectivity index (χ4n) is 1.18. The summed E-state index contributed by atoms with van der Waals surface area (Å²) in [7, 11) is 0. The van der Waals surface area contributed by atoms with Gasteiger partial charge in [0.1, 0.15) is 0 Å². The molecule has 0 saturated carbocycles. The van der Waals surface area contributed by atoms with Crippen molar-refractivity contribution in [1.82, 2.24) is 0 Å². The molecule has 0 saturated heterocycles. The second-order valence-electron chi connectivity index (χ2n) is 2.27. The zero-order valence-corrected chi connectivity index (χ0v) is 5.39. The van der Waals surface area contributed by atoms with Gasteiger partial charge in [-0.1, -0.05) is 30.4 Å². The van der Waals surface area contributed by atoms with E-state index in [-0.39, 0.29) is 0 Å². The SMILES string of the molecule is CC=Cc1c2cccc1-2. The monoisotopic (exact) mass is 116 g/mol. The van der Waals surface area contributed by atoms with E-state index < -0.39 is 0 Å². The predicted octanol–water partition coefficient (Wildman–Crippen LogP) is 2.70. The Morgan fingerprint density at radius 1 is 1.22 bits per heavy atom. The molecule has 0 aliphatic heterocycles. The smallest absolute Gasteiger partial charge is 0.00991 e. The van der Waals surface area contributed by atoms with Crippen LogP contribution in [0.15, 0.2) is 24.3 Å². The van der Waals surface area contributed by atoms with E-state index in [0.29, 0.717) is 0 Å². The molecule has 2 aliphatic rings. The van der Waals surface area contributed by atoms with E-state index in [1.165, 1.54) is 16.7 Å². The molecule has 0 aromatic heterocycles. The first-order valence-corrected chi connectivity index (χ1v) is 3.19. The van der Waals surface area contributed by atoms with E-state index in [9.17, 15) is 0 Å². The summed E-state index contributed by atoms with van der Waals surface area (Å²) in [5, 5.41) is 0. The average Bonchev–Trinajstić information content (AvgIpc) is 2.39. The largest absolute Gasteiger partial charge is 0.0870 e. The molecule has 0 amide bonds. The van der Waals surface area contributed by atoms with E-state index >= 15 is 0 Å². The van der Waals surface area contributed by atoms with Crippen molar-refractivity contribution in [2.75, 3.05) is 0 Å². The Kier molecular flexibility index (Phi) is 0.786. The highest BCUT2D eigenvalue weighted by Gasteiger charge is 2.19. The Morgan fingerprint density at radius 3 is 2.44 bits per heavy atom. The zero-order valence-electron chi connectivity index (χ0n) is 5.39. The molecule has 0 aromatic carbocycles. The highest BCUT2D eigenvalue weighted by molar-refractivity contribution is 5.98. The van der Waals surface area contributed by atoms with Gasteiger partial charge < -0.3 is 0 Å². The van der Waals surface area contributed by atoms with E-state index in [2.05, 4.69) is 30.4 Å². The number of hydrogen-bond donors (Lipinski definition) is 0. The van der Waals surface area contributed by atoms with Gasteiger partial charge in [0.05, 0.1) is 0 Å². The standard InChI is InChI=1S/C9H8/c1-2-4-7-8-5-3-6-9(7)8/h2-6H,1H3. The third kappa shape index (κ3) is 0.531. The van der Waals surface area contributed by atoms with Gasteiger partial charge in [0.2, 0.25) is 0 Å². The van der Waals surface area contributed by atoms with Gasteiger partial charge in [0, 0.05) is 0 Å². The molecule has 0 N–H and O–H groups in total. The molecule has 0 aromatic rings. The Labute approximate surface area is 54.8 Å². The molecule has 0 heterocycles. The van der Waals surface area contributed by atoms with Gasteiger partial charge in [-0.05, 0) is 23.6 Å². The molecular weight excluding hydrogens is 108 g/mol. The molecule has 2 rings (SSSR count). The molecule has 0 bridgehead atoms. The minimum absolute atomic E-state index is 1.43. The van der Waals surface area contributed by atoms with E-state index in [1.807, 2.05) is 6.92 Å². The fraction of sp³-hybridized carbons (Fsp3) is 0.111. The van der Waals surface area contributed by atoms with Crippen LogP contribution in [0, 0.1) is 0 Å². The Balaban J connectivity index is 2.42. The second-order valence-corrected chi connectivity index (χ2v) is 2.27. The lowest BCUT2D eigenvalue weighted by molar-refractivity contribution is 1.79. The molecular formula is C9H8. The topological polar surface area (TPSA) is 0 Å². The third-order valence-electron chi connectivity index (χ3n) is 1.67. The van der Waals surface area contributed by atoms with Crippen LogP contribution in [0.5, 0.6) is 0 Å². The first-order chi connectivity index (χ1) is 4.43. The highest BCUT2D eigenvalue weighted by Crippen LogP contribution is 2.43. The van der Waals surface area contributed by atoms with Gasteiger partial charge in [-0.25, -0.2) is 0 Å². The number of benzene rings is 1. The zero-order chi connectivity index (χ0) is 6.27. The Morgan fingerprint density at radius 2 is 1.89 bits per heavy atom. The van der Waals surface area contributed by atoms with E-state index in [0.717, 1.165) is 0 Å². The van der Waals surface area contributed by atoms with E-state index in [1.54, 1.807) is 0 Å². The van der Waals surface area contributed by atoms with Crippen LogP contribution >= 0.6 is 0 Å². The fourth-order valence-corrected chi connectivity index (χ4v) is 1.18. The molecule has 0 nitrogen and oxygen atoms in total. The van der Waals surface area contributed by atoms with Crippen LogP contribution in [-0.4, -0.2) is 0 Å². The van der Waals surface area contributed by atoms with Gasteiger partial charge in [0.25, 0.3) is 0 Å². The first-order valence-electron chi connectivity index (χ1n) is 3.19. The summed E-state index contributed by atoms with van der Waals surface area (Å²) in [4.78, 5) is 0. The van der Waals surface area contributed by atoms with Crippen molar-refractivity contribution < 1.29 is 0 Å².